The fourth-order valence-corrected chi connectivity index (χ4v) is 1.67. The molecular weight excluding hydrogens is 254 g/mol. The number of aryl methyl sites for hydroxylation is 1. The van der Waals surface area contributed by atoms with Gasteiger partial charge in [-0.25, -0.2) is 0 Å². The zero-order valence-corrected chi connectivity index (χ0v) is 12.4. The van der Waals surface area contributed by atoms with Crippen molar-refractivity contribution in [2.24, 2.45) is 10.7 Å². The number of methoxy groups -OCH3 is 1. The zero-order chi connectivity index (χ0) is 14.6. The van der Waals surface area contributed by atoms with E-state index in [1.807, 2.05) is 31.2 Å². The summed E-state index contributed by atoms with van der Waals surface area (Å²) in [5.74, 6) is 0.455. The Morgan fingerprint density at radius 3 is 2.85 bits per heavy atom. The molecule has 0 aliphatic heterocycles. The first-order valence-corrected chi connectivity index (χ1v) is 6.92. The van der Waals surface area contributed by atoms with Gasteiger partial charge in [0.2, 0.25) is 0 Å². The van der Waals surface area contributed by atoms with E-state index in [1.165, 1.54) is 5.56 Å². The first-order chi connectivity index (χ1) is 9.72. The standard InChI is InChI=1S/C15H25N3O2/c1-13-6-5-7-14(12-13)18-15(16)17-8-3-4-9-20-11-10-19-2/h5-7,12H,3-4,8-11H2,1-2H3,(H3,16,17,18). The largest absolute Gasteiger partial charge is 0.382 e. The Labute approximate surface area is 121 Å². The van der Waals surface area contributed by atoms with E-state index in [0.29, 0.717) is 25.7 Å². The highest BCUT2D eigenvalue weighted by atomic mass is 16.5. The number of nitrogens with two attached hydrogens (primary N) is 1. The summed E-state index contributed by atoms with van der Waals surface area (Å²) in [5, 5.41) is 3.08. The van der Waals surface area contributed by atoms with Gasteiger partial charge in [-0.2, -0.15) is 0 Å². The van der Waals surface area contributed by atoms with Gasteiger partial charge < -0.3 is 20.5 Å². The van der Waals surface area contributed by atoms with Crippen LogP contribution in [0.25, 0.3) is 0 Å². The Hall–Kier alpha value is -1.59. The molecule has 5 heteroatoms. The van der Waals surface area contributed by atoms with Gasteiger partial charge in [0.05, 0.1) is 13.2 Å². The van der Waals surface area contributed by atoms with Crippen molar-refractivity contribution in [3.8, 4) is 0 Å². The summed E-state index contributed by atoms with van der Waals surface area (Å²) in [6, 6.07) is 8.04. The molecule has 5 nitrogen and oxygen atoms in total. The van der Waals surface area contributed by atoms with Crippen LogP contribution in [-0.4, -0.2) is 39.4 Å². The number of hydrogen-bond donors (Lipinski definition) is 2. The van der Waals surface area contributed by atoms with Gasteiger partial charge in [-0.15, -0.1) is 0 Å². The first kappa shape index (κ1) is 16.5. The highest BCUT2D eigenvalue weighted by molar-refractivity contribution is 5.92. The lowest BCUT2D eigenvalue weighted by molar-refractivity contribution is 0.0690. The molecule has 0 bridgehead atoms. The fourth-order valence-electron chi connectivity index (χ4n) is 1.67. The lowest BCUT2D eigenvalue weighted by Crippen LogP contribution is -2.22. The Kier molecular flexibility index (Phi) is 8.42. The van der Waals surface area contributed by atoms with E-state index < -0.39 is 0 Å². The molecule has 112 valence electrons. The van der Waals surface area contributed by atoms with E-state index in [-0.39, 0.29) is 0 Å². The number of benzene rings is 1. The topological polar surface area (TPSA) is 68.9 Å². The van der Waals surface area contributed by atoms with Crippen molar-refractivity contribution in [3.63, 3.8) is 0 Å². The van der Waals surface area contributed by atoms with Gasteiger partial charge in [0.15, 0.2) is 5.96 Å². The van der Waals surface area contributed by atoms with Crippen LogP contribution in [0.15, 0.2) is 29.3 Å². The second-order valence-electron chi connectivity index (χ2n) is 4.57. The molecule has 20 heavy (non-hydrogen) atoms. The molecule has 1 aromatic rings. The third-order valence-electron chi connectivity index (χ3n) is 2.70. The summed E-state index contributed by atoms with van der Waals surface area (Å²) in [6.45, 7) is 4.78. The summed E-state index contributed by atoms with van der Waals surface area (Å²) in [6.07, 6.45) is 1.94. The van der Waals surface area contributed by atoms with Crippen molar-refractivity contribution in [1.82, 2.24) is 0 Å². The van der Waals surface area contributed by atoms with E-state index >= 15 is 0 Å². The maximum absolute atomic E-state index is 5.83. The average molecular weight is 279 g/mol. The Morgan fingerprint density at radius 1 is 1.25 bits per heavy atom. The maximum Gasteiger partial charge on any atom is 0.193 e. The Morgan fingerprint density at radius 2 is 2.10 bits per heavy atom. The maximum atomic E-state index is 5.83. The van der Waals surface area contributed by atoms with Gasteiger partial charge >= 0.3 is 0 Å². The number of rotatable bonds is 9. The van der Waals surface area contributed by atoms with Crippen LogP contribution in [0.1, 0.15) is 18.4 Å². The molecule has 3 N–H and O–H groups in total. The summed E-state index contributed by atoms with van der Waals surface area (Å²) >= 11 is 0. The van der Waals surface area contributed by atoms with Crippen molar-refractivity contribution in [2.75, 3.05) is 38.8 Å². The van der Waals surface area contributed by atoms with E-state index in [0.717, 1.165) is 25.1 Å². The van der Waals surface area contributed by atoms with E-state index in [2.05, 4.69) is 10.3 Å². The lowest BCUT2D eigenvalue weighted by Gasteiger charge is -2.06. The summed E-state index contributed by atoms with van der Waals surface area (Å²) in [4.78, 5) is 4.29. The van der Waals surface area contributed by atoms with Crippen LogP contribution in [0, 0.1) is 6.92 Å². The first-order valence-electron chi connectivity index (χ1n) is 6.92. The van der Waals surface area contributed by atoms with Gasteiger partial charge in [0, 0.05) is 25.9 Å². The van der Waals surface area contributed by atoms with Crippen LogP contribution in [-0.2, 0) is 9.47 Å². The molecule has 0 aliphatic carbocycles. The molecule has 0 radical (unpaired) electrons. The summed E-state index contributed by atoms with van der Waals surface area (Å²) < 4.78 is 10.3. The van der Waals surface area contributed by atoms with Crippen LogP contribution in [0.4, 0.5) is 5.69 Å². The molecule has 1 rings (SSSR count). The second kappa shape index (κ2) is 10.2. The second-order valence-corrected chi connectivity index (χ2v) is 4.57. The molecule has 0 saturated heterocycles. The fraction of sp³-hybridized carbons (Fsp3) is 0.533. The van der Waals surface area contributed by atoms with Crippen LogP contribution < -0.4 is 11.1 Å². The van der Waals surface area contributed by atoms with E-state index in [1.54, 1.807) is 7.11 Å². The van der Waals surface area contributed by atoms with Crippen LogP contribution in [0.3, 0.4) is 0 Å². The Bertz CT molecular complexity index is 408. The number of hydrogen-bond acceptors (Lipinski definition) is 3. The molecule has 0 fully saturated rings. The SMILES string of the molecule is COCCOCCCCN=C(N)Nc1cccc(C)c1. The van der Waals surface area contributed by atoms with Crippen LogP contribution in [0.5, 0.6) is 0 Å². The number of ether oxygens (including phenoxy) is 2. The summed E-state index contributed by atoms with van der Waals surface area (Å²) in [5.41, 5.74) is 7.98. The minimum absolute atomic E-state index is 0.455. The van der Waals surface area contributed by atoms with Crippen LogP contribution >= 0.6 is 0 Å². The van der Waals surface area contributed by atoms with Gasteiger partial charge in [0.1, 0.15) is 0 Å². The normalized spacial score (nSPS) is 11.6. The molecule has 0 aromatic heterocycles. The molecule has 0 atom stereocenters. The lowest BCUT2D eigenvalue weighted by atomic mass is 10.2. The van der Waals surface area contributed by atoms with E-state index in [9.17, 15) is 0 Å². The van der Waals surface area contributed by atoms with Crippen molar-refractivity contribution >= 4 is 11.6 Å². The minimum atomic E-state index is 0.455. The number of unbranched alkanes of at least 4 members (excludes halogenated alkanes) is 1. The van der Waals surface area contributed by atoms with Gasteiger partial charge in [-0.05, 0) is 37.5 Å². The number of aliphatic imine (C=N–C) groups is 1. The van der Waals surface area contributed by atoms with Crippen molar-refractivity contribution in [2.45, 2.75) is 19.8 Å². The zero-order valence-electron chi connectivity index (χ0n) is 12.4. The van der Waals surface area contributed by atoms with Crippen LogP contribution in [0.2, 0.25) is 0 Å². The number of nitrogens with one attached hydrogen (secondary N) is 1. The third kappa shape index (κ3) is 7.76. The monoisotopic (exact) mass is 279 g/mol. The molecular formula is C15H25N3O2. The molecule has 0 spiro atoms. The molecule has 0 unspecified atom stereocenters. The van der Waals surface area contributed by atoms with Crippen molar-refractivity contribution < 1.29 is 9.47 Å². The highest BCUT2D eigenvalue weighted by Gasteiger charge is 1.95. The quantitative estimate of drug-likeness (QED) is 0.413. The van der Waals surface area contributed by atoms with Crippen molar-refractivity contribution in [3.05, 3.63) is 29.8 Å². The third-order valence-corrected chi connectivity index (χ3v) is 2.70. The minimum Gasteiger partial charge on any atom is -0.382 e. The predicted octanol–water partition coefficient (Wildman–Crippen LogP) is 2.16. The van der Waals surface area contributed by atoms with Gasteiger partial charge in [-0.3, -0.25) is 4.99 Å². The van der Waals surface area contributed by atoms with Gasteiger partial charge in [-0.1, -0.05) is 12.1 Å². The molecule has 0 amide bonds. The summed E-state index contributed by atoms with van der Waals surface area (Å²) in [7, 11) is 1.67. The number of nitrogens with zero attached hydrogens (tertiary/aromatic N) is 1. The highest BCUT2D eigenvalue weighted by Crippen LogP contribution is 2.08. The number of anilines is 1. The smallest absolute Gasteiger partial charge is 0.193 e. The van der Waals surface area contributed by atoms with Gasteiger partial charge in [0.25, 0.3) is 0 Å². The van der Waals surface area contributed by atoms with Crippen molar-refractivity contribution in [1.29, 1.82) is 0 Å². The number of guanidine groups is 1. The average Bonchev–Trinajstić information content (AvgIpc) is 2.42. The Balaban J connectivity index is 2.12. The molecule has 0 saturated carbocycles. The molecule has 0 aliphatic rings. The van der Waals surface area contributed by atoms with E-state index in [4.69, 9.17) is 15.2 Å². The predicted molar refractivity (Wildman–Crippen MR) is 83.2 cm³/mol. The molecule has 0 heterocycles. The molecule has 1 aromatic carbocycles.